The SMILES string of the molecule is CC(NC1NC(=O)N(C2CCOCC2)C(=O)N1)C1CC2(CCC2)C1. The monoisotopic (exact) mass is 336 g/mol. The Labute approximate surface area is 142 Å². The molecule has 134 valence electrons. The van der Waals surface area contributed by atoms with Gasteiger partial charge in [0.1, 0.15) is 0 Å². The lowest BCUT2D eigenvalue weighted by Crippen LogP contribution is -2.71. The molecule has 2 aliphatic carbocycles. The Morgan fingerprint density at radius 3 is 2.33 bits per heavy atom. The normalized spacial score (nSPS) is 29.6. The van der Waals surface area contributed by atoms with Crippen LogP contribution in [0.1, 0.15) is 51.9 Å². The summed E-state index contributed by atoms with van der Waals surface area (Å²) >= 11 is 0. The van der Waals surface area contributed by atoms with Gasteiger partial charge in [-0.25, -0.2) is 14.5 Å². The van der Waals surface area contributed by atoms with E-state index in [0.29, 0.717) is 37.4 Å². The summed E-state index contributed by atoms with van der Waals surface area (Å²) in [5.74, 6) is 0.646. The van der Waals surface area contributed by atoms with Gasteiger partial charge < -0.3 is 15.4 Å². The first-order valence-corrected chi connectivity index (χ1v) is 9.30. The van der Waals surface area contributed by atoms with E-state index in [1.807, 2.05) is 0 Å². The highest BCUT2D eigenvalue weighted by molar-refractivity contribution is 5.96. The summed E-state index contributed by atoms with van der Waals surface area (Å²) in [5, 5.41) is 9.14. The maximum Gasteiger partial charge on any atom is 0.328 e. The molecule has 0 bridgehead atoms. The molecule has 4 aliphatic rings. The standard InChI is InChI=1S/C17H28N4O3/c1-11(12-9-17(10-12)5-2-6-17)18-14-19-15(22)21(16(23)20-14)13-3-7-24-8-4-13/h11-14,18H,2-10H2,1H3,(H,19,22)(H,20,23). The van der Waals surface area contributed by atoms with Crippen molar-refractivity contribution in [3.05, 3.63) is 0 Å². The molecule has 0 aromatic heterocycles. The molecule has 2 aliphatic heterocycles. The molecule has 7 nitrogen and oxygen atoms in total. The Hall–Kier alpha value is -1.34. The van der Waals surface area contributed by atoms with Crippen LogP contribution in [0.15, 0.2) is 0 Å². The van der Waals surface area contributed by atoms with Crippen LogP contribution in [0.4, 0.5) is 9.59 Å². The quantitative estimate of drug-likeness (QED) is 0.730. The number of urea groups is 2. The Morgan fingerprint density at radius 1 is 1.17 bits per heavy atom. The second-order valence-corrected chi connectivity index (χ2v) is 8.02. The second kappa shape index (κ2) is 6.19. The summed E-state index contributed by atoms with van der Waals surface area (Å²) in [6.45, 7) is 3.35. The third-order valence-corrected chi connectivity index (χ3v) is 6.47. The number of amides is 4. The summed E-state index contributed by atoms with van der Waals surface area (Å²) in [4.78, 5) is 26.1. The summed E-state index contributed by atoms with van der Waals surface area (Å²) in [5.41, 5.74) is 0.638. The van der Waals surface area contributed by atoms with Gasteiger partial charge in [-0.3, -0.25) is 5.32 Å². The number of nitrogens with one attached hydrogen (secondary N) is 3. The molecule has 1 atom stereocenters. The highest BCUT2D eigenvalue weighted by Crippen LogP contribution is 2.59. The first-order chi connectivity index (χ1) is 11.6. The molecule has 1 spiro atoms. The number of nitrogens with zero attached hydrogens (tertiary/aromatic N) is 1. The maximum atomic E-state index is 12.4. The fourth-order valence-corrected chi connectivity index (χ4v) is 4.76. The van der Waals surface area contributed by atoms with E-state index in [0.717, 1.165) is 0 Å². The van der Waals surface area contributed by atoms with Crippen molar-refractivity contribution in [3.63, 3.8) is 0 Å². The van der Waals surface area contributed by atoms with Crippen molar-refractivity contribution in [2.75, 3.05) is 13.2 Å². The van der Waals surface area contributed by atoms with Crippen LogP contribution < -0.4 is 16.0 Å². The minimum absolute atomic E-state index is 0.0674. The zero-order chi connectivity index (χ0) is 16.7. The molecule has 4 amide bonds. The zero-order valence-corrected chi connectivity index (χ0v) is 14.3. The van der Waals surface area contributed by atoms with Gasteiger partial charge in [0.2, 0.25) is 0 Å². The van der Waals surface area contributed by atoms with E-state index in [9.17, 15) is 9.59 Å². The minimum atomic E-state index is -0.478. The zero-order valence-electron chi connectivity index (χ0n) is 14.3. The molecular formula is C17H28N4O3. The van der Waals surface area contributed by atoms with Crippen molar-refractivity contribution < 1.29 is 14.3 Å². The lowest BCUT2D eigenvalue weighted by molar-refractivity contribution is -0.0402. The van der Waals surface area contributed by atoms with Crippen molar-refractivity contribution in [1.82, 2.24) is 20.9 Å². The first-order valence-electron chi connectivity index (χ1n) is 9.30. The molecule has 0 radical (unpaired) electrons. The molecule has 0 aromatic rings. The smallest absolute Gasteiger partial charge is 0.328 e. The molecule has 0 aromatic carbocycles. The summed E-state index contributed by atoms with van der Waals surface area (Å²) < 4.78 is 5.31. The fourth-order valence-electron chi connectivity index (χ4n) is 4.76. The van der Waals surface area contributed by atoms with Gasteiger partial charge in [-0.15, -0.1) is 0 Å². The number of rotatable bonds is 4. The molecule has 24 heavy (non-hydrogen) atoms. The van der Waals surface area contributed by atoms with Crippen LogP contribution in [-0.2, 0) is 4.74 Å². The van der Waals surface area contributed by atoms with Gasteiger partial charge in [0.25, 0.3) is 0 Å². The predicted molar refractivity (Wildman–Crippen MR) is 88.1 cm³/mol. The van der Waals surface area contributed by atoms with Gasteiger partial charge in [0, 0.05) is 25.3 Å². The Kier molecular flexibility index (Phi) is 4.16. The Bertz CT molecular complexity index is 490. The summed E-state index contributed by atoms with van der Waals surface area (Å²) in [7, 11) is 0. The van der Waals surface area contributed by atoms with Crippen LogP contribution in [0, 0.1) is 11.3 Å². The van der Waals surface area contributed by atoms with Crippen LogP contribution in [0.3, 0.4) is 0 Å². The van der Waals surface area contributed by atoms with Crippen molar-refractivity contribution in [3.8, 4) is 0 Å². The second-order valence-electron chi connectivity index (χ2n) is 8.02. The molecule has 2 saturated carbocycles. The third-order valence-electron chi connectivity index (χ3n) is 6.47. The number of carbonyl (C=O) groups excluding carboxylic acids is 2. The molecule has 3 N–H and O–H groups in total. The van der Waals surface area contributed by atoms with E-state index in [1.54, 1.807) is 0 Å². The third kappa shape index (κ3) is 2.88. The molecule has 4 fully saturated rings. The van der Waals surface area contributed by atoms with Gasteiger partial charge in [0.05, 0.1) is 0 Å². The van der Waals surface area contributed by atoms with Crippen LogP contribution in [0.2, 0.25) is 0 Å². The highest BCUT2D eigenvalue weighted by Gasteiger charge is 2.50. The van der Waals surface area contributed by atoms with Crippen LogP contribution in [0.5, 0.6) is 0 Å². The average Bonchev–Trinajstić information content (AvgIpc) is 2.44. The fraction of sp³-hybridized carbons (Fsp3) is 0.882. The Balaban J connectivity index is 1.29. The topological polar surface area (TPSA) is 82.7 Å². The van der Waals surface area contributed by atoms with Gasteiger partial charge in [-0.1, -0.05) is 6.42 Å². The van der Waals surface area contributed by atoms with Gasteiger partial charge in [-0.05, 0) is 56.8 Å². The number of imide groups is 1. The highest BCUT2D eigenvalue weighted by atomic mass is 16.5. The molecule has 4 rings (SSSR count). The van der Waals surface area contributed by atoms with Crippen LogP contribution in [0.25, 0.3) is 0 Å². The van der Waals surface area contributed by atoms with Crippen molar-refractivity contribution in [2.45, 2.75) is 70.2 Å². The molecular weight excluding hydrogens is 308 g/mol. The largest absolute Gasteiger partial charge is 0.381 e. The minimum Gasteiger partial charge on any atom is -0.381 e. The molecule has 2 saturated heterocycles. The number of hydrogen-bond acceptors (Lipinski definition) is 4. The van der Waals surface area contributed by atoms with Crippen molar-refractivity contribution >= 4 is 12.1 Å². The molecule has 1 unspecified atom stereocenters. The lowest BCUT2D eigenvalue weighted by atomic mass is 9.50. The predicted octanol–water partition coefficient (Wildman–Crippen LogP) is 1.74. The number of ether oxygens (including phenoxy) is 1. The number of hydrogen-bond donors (Lipinski definition) is 3. The van der Waals surface area contributed by atoms with E-state index in [2.05, 4.69) is 22.9 Å². The summed E-state index contributed by atoms with van der Waals surface area (Å²) in [6, 6.07) is -0.391. The van der Waals surface area contributed by atoms with Crippen molar-refractivity contribution in [2.24, 2.45) is 11.3 Å². The average molecular weight is 336 g/mol. The molecule has 7 heteroatoms. The van der Waals surface area contributed by atoms with Gasteiger partial charge in [-0.2, -0.15) is 0 Å². The first kappa shape index (κ1) is 16.1. The van der Waals surface area contributed by atoms with E-state index < -0.39 is 6.29 Å². The maximum absolute atomic E-state index is 12.4. The van der Waals surface area contributed by atoms with Gasteiger partial charge in [0.15, 0.2) is 6.29 Å². The van der Waals surface area contributed by atoms with E-state index in [1.165, 1.54) is 37.0 Å². The van der Waals surface area contributed by atoms with E-state index in [4.69, 9.17) is 4.74 Å². The van der Waals surface area contributed by atoms with E-state index >= 15 is 0 Å². The summed E-state index contributed by atoms with van der Waals surface area (Å²) in [6.07, 6.45) is 7.65. The number of carbonyl (C=O) groups is 2. The van der Waals surface area contributed by atoms with Crippen LogP contribution in [-0.4, -0.2) is 48.5 Å². The van der Waals surface area contributed by atoms with Crippen LogP contribution >= 0.6 is 0 Å². The lowest BCUT2D eigenvalue weighted by Gasteiger charge is -2.56. The van der Waals surface area contributed by atoms with Gasteiger partial charge >= 0.3 is 12.1 Å². The Morgan fingerprint density at radius 2 is 1.79 bits per heavy atom. The van der Waals surface area contributed by atoms with E-state index in [-0.39, 0.29) is 24.1 Å². The molecule has 2 heterocycles. The van der Waals surface area contributed by atoms with Crippen molar-refractivity contribution in [1.29, 1.82) is 0 Å².